The summed E-state index contributed by atoms with van der Waals surface area (Å²) < 4.78 is 0. The standard InChI is InChI=1S/C16H13N3O4S/c1-8-12-14(17-7-18-15(12)24-13(8)16(22)23)19-10-4-2-9(3-5-10)6-11(20)21/h2-5,7H,6H2,1H3,(H,20,21)(H,22,23)(H,17,18,19). The van der Waals surface area contributed by atoms with E-state index in [0.717, 1.165) is 17.0 Å². The fourth-order valence-corrected chi connectivity index (χ4v) is 3.38. The van der Waals surface area contributed by atoms with Gasteiger partial charge >= 0.3 is 11.9 Å². The van der Waals surface area contributed by atoms with E-state index >= 15 is 0 Å². The van der Waals surface area contributed by atoms with Gasteiger partial charge in [-0.3, -0.25) is 4.79 Å². The highest BCUT2D eigenvalue weighted by Crippen LogP contribution is 2.34. The Hall–Kier alpha value is -3.00. The Morgan fingerprint density at radius 3 is 2.50 bits per heavy atom. The molecule has 0 radical (unpaired) electrons. The molecule has 0 bridgehead atoms. The predicted octanol–water partition coefficient (Wildman–Crippen LogP) is 3.07. The van der Waals surface area contributed by atoms with Crippen molar-refractivity contribution in [2.75, 3.05) is 5.32 Å². The van der Waals surface area contributed by atoms with Gasteiger partial charge in [-0.2, -0.15) is 0 Å². The molecule has 0 fully saturated rings. The molecular formula is C16H13N3O4S. The Labute approximate surface area is 140 Å². The highest BCUT2D eigenvalue weighted by Gasteiger charge is 2.18. The molecule has 2 aromatic heterocycles. The molecule has 0 saturated carbocycles. The van der Waals surface area contributed by atoms with E-state index in [9.17, 15) is 14.7 Å². The van der Waals surface area contributed by atoms with Gasteiger partial charge in [0, 0.05) is 5.69 Å². The second-order valence-electron chi connectivity index (χ2n) is 5.16. The molecule has 7 nitrogen and oxygen atoms in total. The molecule has 0 spiro atoms. The number of carbonyl (C=O) groups is 2. The fraction of sp³-hybridized carbons (Fsp3) is 0.125. The number of rotatable bonds is 5. The number of aryl methyl sites for hydroxylation is 1. The van der Waals surface area contributed by atoms with Crippen molar-refractivity contribution < 1.29 is 19.8 Å². The van der Waals surface area contributed by atoms with Crippen LogP contribution in [0.25, 0.3) is 10.2 Å². The van der Waals surface area contributed by atoms with Gasteiger partial charge in [0.1, 0.15) is 21.9 Å². The first-order chi connectivity index (χ1) is 11.5. The lowest BCUT2D eigenvalue weighted by atomic mass is 10.1. The first-order valence-electron chi connectivity index (χ1n) is 7.01. The second-order valence-corrected chi connectivity index (χ2v) is 6.16. The van der Waals surface area contributed by atoms with Crippen LogP contribution in [-0.2, 0) is 11.2 Å². The van der Waals surface area contributed by atoms with Gasteiger partial charge in [0.15, 0.2) is 0 Å². The minimum Gasteiger partial charge on any atom is -0.481 e. The number of anilines is 2. The molecule has 2 heterocycles. The molecule has 3 rings (SSSR count). The van der Waals surface area contributed by atoms with Crippen molar-refractivity contribution in [3.8, 4) is 0 Å². The zero-order valence-corrected chi connectivity index (χ0v) is 13.4. The molecule has 0 aliphatic rings. The molecule has 3 aromatic rings. The number of carboxylic acid groups (broad SMARTS) is 2. The summed E-state index contributed by atoms with van der Waals surface area (Å²) in [5, 5.41) is 21.8. The molecule has 24 heavy (non-hydrogen) atoms. The average Bonchev–Trinajstić information content (AvgIpc) is 2.87. The van der Waals surface area contributed by atoms with Crippen LogP contribution in [0, 0.1) is 6.92 Å². The fourth-order valence-electron chi connectivity index (χ4n) is 2.39. The van der Waals surface area contributed by atoms with Crippen LogP contribution < -0.4 is 5.32 Å². The van der Waals surface area contributed by atoms with Crippen LogP contribution in [0.4, 0.5) is 11.5 Å². The Morgan fingerprint density at radius 2 is 1.88 bits per heavy atom. The van der Waals surface area contributed by atoms with E-state index < -0.39 is 11.9 Å². The molecule has 3 N–H and O–H groups in total. The quantitative estimate of drug-likeness (QED) is 0.652. The summed E-state index contributed by atoms with van der Waals surface area (Å²) in [6.45, 7) is 1.73. The number of nitrogens with one attached hydrogen (secondary N) is 1. The van der Waals surface area contributed by atoms with E-state index in [1.807, 2.05) is 0 Å². The predicted molar refractivity (Wildman–Crippen MR) is 90.2 cm³/mol. The van der Waals surface area contributed by atoms with Gasteiger partial charge < -0.3 is 15.5 Å². The summed E-state index contributed by atoms with van der Waals surface area (Å²) in [5.74, 6) is -1.35. The first kappa shape index (κ1) is 15.9. The topological polar surface area (TPSA) is 112 Å². The van der Waals surface area contributed by atoms with Crippen LogP contribution in [0.15, 0.2) is 30.6 Å². The smallest absolute Gasteiger partial charge is 0.346 e. The van der Waals surface area contributed by atoms with E-state index in [4.69, 9.17) is 5.11 Å². The van der Waals surface area contributed by atoms with Crippen LogP contribution >= 0.6 is 11.3 Å². The van der Waals surface area contributed by atoms with Gasteiger partial charge in [-0.15, -0.1) is 11.3 Å². The molecule has 0 aliphatic carbocycles. The largest absolute Gasteiger partial charge is 0.481 e. The highest BCUT2D eigenvalue weighted by atomic mass is 32.1. The van der Waals surface area contributed by atoms with Crippen LogP contribution in [0.2, 0.25) is 0 Å². The Balaban J connectivity index is 1.95. The van der Waals surface area contributed by atoms with Crippen molar-refractivity contribution in [3.05, 3.63) is 46.6 Å². The first-order valence-corrected chi connectivity index (χ1v) is 7.82. The number of aromatic nitrogens is 2. The molecule has 122 valence electrons. The normalized spacial score (nSPS) is 10.7. The summed E-state index contributed by atoms with van der Waals surface area (Å²) in [6, 6.07) is 6.95. The lowest BCUT2D eigenvalue weighted by molar-refractivity contribution is -0.136. The number of fused-ring (bicyclic) bond motifs is 1. The monoisotopic (exact) mass is 343 g/mol. The summed E-state index contributed by atoms with van der Waals surface area (Å²) >= 11 is 1.11. The molecule has 0 aliphatic heterocycles. The van der Waals surface area contributed by atoms with Crippen LogP contribution in [0.3, 0.4) is 0 Å². The van der Waals surface area contributed by atoms with Crippen LogP contribution in [0.5, 0.6) is 0 Å². The van der Waals surface area contributed by atoms with E-state index in [1.54, 1.807) is 31.2 Å². The van der Waals surface area contributed by atoms with Crippen molar-refractivity contribution in [2.45, 2.75) is 13.3 Å². The third-order valence-corrected chi connectivity index (χ3v) is 4.68. The molecule has 1 aromatic carbocycles. The summed E-state index contributed by atoms with van der Waals surface area (Å²) in [5.41, 5.74) is 2.04. The van der Waals surface area contributed by atoms with Gasteiger partial charge in [-0.05, 0) is 30.2 Å². The minimum absolute atomic E-state index is 0.0381. The average molecular weight is 343 g/mol. The Kier molecular flexibility index (Phi) is 4.13. The van der Waals surface area contributed by atoms with E-state index in [0.29, 0.717) is 27.2 Å². The second kappa shape index (κ2) is 6.25. The van der Waals surface area contributed by atoms with Crippen molar-refractivity contribution in [1.82, 2.24) is 9.97 Å². The van der Waals surface area contributed by atoms with E-state index in [2.05, 4.69) is 15.3 Å². The maximum Gasteiger partial charge on any atom is 0.346 e. The van der Waals surface area contributed by atoms with E-state index in [1.165, 1.54) is 6.33 Å². The number of aliphatic carboxylic acids is 1. The molecule has 0 saturated heterocycles. The third kappa shape index (κ3) is 3.04. The van der Waals surface area contributed by atoms with Gasteiger partial charge in [0.2, 0.25) is 0 Å². The van der Waals surface area contributed by atoms with Crippen molar-refractivity contribution in [1.29, 1.82) is 0 Å². The SMILES string of the molecule is Cc1c(C(=O)O)sc2ncnc(Nc3ccc(CC(=O)O)cc3)c12. The highest BCUT2D eigenvalue weighted by molar-refractivity contribution is 7.20. The summed E-state index contributed by atoms with van der Waals surface area (Å²) in [7, 11) is 0. The summed E-state index contributed by atoms with van der Waals surface area (Å²) in [6.07, 6.45) is 1.34. The molecule has 0 amide bonds. The maximum atomic E-state index is 11.3. The number of aromatic carboxylic acids is 1. The zero-order chi connectivity index (χ0) is 17.3. The maximum absolute atomic E-state index is 11.3. The molecular weight excluding hydrogens is 330 g/mol. The number of benzene rings is 1. The number of hydrogen-bond acceptors (Lipinski definition) is 6. The number of carboxylic acids is 2. The molecule has 8 heteroatoms. The lowest BCUT2D eigenvalue weighted by Crippen LogP contribution is -2.00. The minimum atomic E-state index is -0.987. The van der Waals surface area contributed by atoms with Crippen LogP contribution in [0.1, 0.15) is 20.8 Å². The van der Waals surface area contributed by atoms with Gasteiger partial charge in [0.05, 0.1) is 11.8 Å². The van der Waals surface area contributed by atoms with Gasteiger partial charge in [-0.1, -0.05) is 12.1 Å². The third-order valence-electron chi connectivity index (χ3n) is 3.49. The molecule has 0 atom stereocenters. The number of thiophene rings is 1. The van der Waals surface area contributed by atoms with Crippen molar-refractivity contribution in [2.24, 2.45) is 0 Å². The Morgan fingerprint density at radius 1 is 1.17 bits per heavy atom. The Bertz CT molecular complexity index is 934. The van der Waals surface area contributed by atoms with Crippen LogP contribution in [-0.4, -0.2) is 32.1 Å². The lowest BCUT2D eigenvalue weighted by Gasteiger charge is -2.08. The van der Waals surface area contributed by atoms with Crippen molar-refractivity contribution in [3.63, 3.8) is 0 Å². The summed E-state index contributed by atoms with van der Waals surface area (Å²) in [4.78, 5) is 31.2. The zero-order valence-electron chi connectivity index (χ0n) is 12.6. The van der Waals surface area contributed by atoms with Gasteiger partial charge in [0.25, 0.3) is 0 Å². The number of nitrogens with zero attached hydrogens (tertiary/aromatic N) is 2. The van der Waals surface area contributed by atoms with Gasteiger partial charge in [-0.25, -0.2) is 14.8 Å². The number of hydrogen-bond donors (Lipinski definition) is 3. The molecule has 0 unspecified atom stereocenters. The van der Waals surface area contributed by atoms with Crippen molar-refractivity contribution >= 4 is 45.0 Å². The van der Waals surface area contributed by atoms with E-state index in [-0.39, 0.29) is 11.3 Å².